The number of amides is 1. The Morgan fingerprint density at radius 3 is 2.62 bits per heavy atom. The monoisotopic (exact) mass is 276 g/mol. The summed E-state index contributed by atoms with van der Waals surface area (Å²) in [5.41, 5.74) is 10.7. The van der Waals surface area contributed by atoms with Crippen molar-refractivity contribution in [3.63, 3.8) is 0 Å². The van der Waals surface area contributed by atoms with E-state index in [9.17, 15) is 4.79 Å². The van der Waals surface area contributed by atoms with Crippen molar-refractivity contribution < 1.29 is 4.79 Å². The largest absolute Gasteiger partial charge is 0.366 e. The maximum Gasteiger partial charge on any atom is 0.249 e. The van der Waals surface area contributed by atoms with Crippen LogP contribution in [0.5, 0.6) is 0 Å². The summed E-state index contributed by atoms with van der Waals surface area (Å²) in [5.74, 6) is 0.135. The van der Waals surface area contributed by atoms with Crippen LogP contribution in [0.2, 0.25) is 0 Å². The quantitative estimate of drug-likeness (QED) is 0.750. The number of primary amides is 1. The van der Waals surface area contributed by atoms with Gasteiger partial charge in [0.1, 0.15) is 0 Å². The Labute approximate surface area is 122 Å². The minimum Gasteiger partial charge on any atom is -0.366 e. The molecule has 0 atom stereocenters. The lowest BCUT2D eigenvalue weighted by Crippen LogP contribution is -2.14. The zero-order valence-electron chi connectivity index (χ0n) is 11.6. The van der Waals surface area contributed by atoms with Crippen LogP contribution in [0.4, 0.5) is 0 Å². The van der Waals surface area contributed by atoms with Gasteiger partial charge < -0.3 is 10.7 Å². The fraction of sp³-hybridized carbons (Fsp3) is 0.167. The van der Waals surface area contributed by atoms with Crippen molar-refractivity contribution in [2.75, 3.05) is 0 Å². The zero-order chi connectivity index (χ0) is 14.4. The average molecular weight is 276 g/mol. The van der Waals surface area contributed by atoms with Crippen molar-refractivity contribution in [3.05, 3.63) is 59.8 Å². The number of carbonyl (C=O) groups excluding carboxylic acids is 1. The molecule has 0 aliphatic heterocycles. The van der Waals surface area contributed by atoms with Gasteiger partial charge in [-0.15, -0.1) is 0 Å². The van der Waals surface area contributed by atoms with Crippen LogP contribution in [0.15, 0.2) is 48.7 Å². The molecule has 0 radical (unpaired) electrons. The number of rotatable bonds is 3. The van der Waals surface area contributed by atoms with Gasteiger partial charge in [-0.1, -0.05) is 30.3 Å². The number of benzene rings is 2. The number of carbonyl (C=O) groups is 1. The van der Waals surface area contributed by atoms with Gasteiger partial charge in [0.25, 0.3) is 0 Å². The third-order valence-electron chi connectivity index (χ3n) is 4.24. The molecule has 0 saturated heterocycles. The molecule has 0 unspecified atom stereocenters. The average Bonchev–Trinajstić information content (AvgIpc) is 3.25. The summed E-state index contributed by atoms with van der Waals surface area (Å²) in [6.45, 7) is 0. The highest BCUT2D eigenvalue weighted by Crippen LogP contribution is 2.47. The van der Waals surface area contributed by atoms with Crippen molar-refractivity contribution in [3.8, 4) is 11.1 Å². The van der Waals surface area contributed by atoms with Gasteiger partial charge in [-0.2, -0.15) is 0 Å². The van der Waals surface area contributed by atoms with E-state index >= 15 is 0 Å². The van der Waals surface area contributed by atoms with Gasteiger partial charge in [0.05, 0.1) is 0 Å². The Kier molecular flexibility index (Phi) is 2.61. The highest BCUT2D eigenvalue weighted by atomic mass is 16.1. The number of nitrogens with two attached hydrogens (primary N) is 1. The van der Waals surface area contributed by atoms with Crippen LogP contribution in [-0.4, -0.2) is 10.9 Å². The lowest BCUT2D eigenvalue weighted by molar-refractivity contribution is 0.0999. The number of aromatic amines is 1. The second kappa shape index (κ2) is 4.48. The first-order valence-electron chi connectivity index (χ1n) is 7.25. The standard InChI is InChI=1S/C18H16N2O/c19-18(21)14-6-3-5-13(17(14)11-8-9-11)15-10-20-16-7-2-1-4-12(15)16/h1-7,10-11,20H,8-9H2,(H2,19,21). The number of nitrogens with one attached hydrogen (secondary N) is 1. The first-order chi connectivity index (χ1) is 10.3. The van der Waals surface area contributed by atoms with E-state index in [0.717, 1.165) is 35.0 Å². The Morgan fingerprint density at radius 1 is 1.05 bits per heavy atom. The fourth-order valence-electron chi connectivity index (χ4n) is 3.12. The molecule has 1 saturated carbocycles. The molecule has 0 spiro atoms. The SMILES string of the molecule is NC(=O)c1cccc(-c2c[nH]c3ccccc23)c1C1CC1. The summed E-state index contributed by atoms with van der Waals surface area (Å²) in [6, 6.07) is 14.1. The van der Waals surface area contributed by atoms with Crippen molar-refractivity contribution >= 4 is 16.8 Å². The third kappa shape index (κ3) is 1.93. The summed E-state index contributed by atoms with van der Waals surface area (Å²) >= 11 is 0. The van der Waals surface area contributed by atoms with Crippen LogP contribution in [0, 0.1) is 0 Å². The van der Waals surface area contributed by atoms with Gasteiger partial charge in [-0.05, 0) is 42.0 Å². The van der Waals surface area contributed by atoms with Crippen molar-refractivity contribution in [1.82, 2.24) is 4.98 Å². The van der Waals surface area contributed by atoms with Gasteiger partial charge >= 0.3 is 0 Å². The summed E-state index contributed by atoms with van der Waals surface area (Å²) in [4.78, 5) is 15.1. The second-order valence-electron chi connectivity index (χ2n) is 5.65. The van der Waals surface area contributed by atoms with Crippen molar-refractivity contribution in [1.29, 1.82) is 0 Å². The molecule has 21 heavy (non-hydrogen) atoms. The third-order valence-corrected chi connectivity index (χ3v) is 4.24. The molecule has 1 fully saturated rings. The molecule has 1 aliphatic carbocycles. The van der Waals surface area contributed by atoms with E-state index in [2.05, 4.69) is 23.2 Å². The first-order valence-corrected chi connectivity index (χ1v) is 7.25. The molecule has 104 valence electrons. The number of H-pyrrole nitrogens is 1. The minimum absolute atomic E-state index is 0.335. The van der Waals surface area contributed by atoms with Gasteiger partial charge in [-0.3, -0.25) is 4.79 Å². The molecule has 3 N–H and O–H groups in total. The first kappa shape index (κ1) is 12.2. The Hall–Kier alpha value is -2.55. The molecule has 1 aromatic heterocycles. The lowest BCUT2D eigenvalue weighted by Gasteiger charge is -2.12. The topological polar surface area (TPSA) is 58.9 Å². The minimum atomic E-state index is -0.335. The van der Waals surface area contributed by atoms with Crippen LogP contribution in [0.25, 0.3) is 22.0 Å². The highest BCUT2D eigenvalue weighted by Gasteiger charge is 2.30. The van der Waals surface area contributed by atoms with Gasteiger partial charge in [0, 0.05) is 28.2 Å². The molecule has 1 amide bonds. The molecular weight excluding hydrogens is 260 g/mol. The van der Waals surface area contributed by atoms with E-state index in [1.54, 1.807) is 0 Å². The van der Waals surface area contributed by atoms with E-state index < -0.39 is 0 Å². The molecule has 0 bridgehead atoms. The maximum absolute atomic E-state index is 11.8. The second-order valence-corrected chi connectivity index (χ2v) is 5.65. The number of hydrogen-bond donors (Lipinski definition) is 2. The number of para-hydroxylation sites is 1. The predicted octanol–water partition coefficient (Wildman–Crippen LogP) is 3.81. The molecule has 1 heterocycles. The van der Waals surface area contributed by atoms with E-state index in [0.29, 0.717) is 11.5 Å². The summed E-state index contributed by atoms with van der Waals surface area (Å²) in [5, 5.41) is 1.18. The summed E-state index contributed by atoms with van der Waals surface area (Å²) in [6.07, 6.45) is 4.30. The molecule has 2 aromatic carbocycles. The molecule has 3 nitrogen and oxygen atoms in total. The molecule has 1 aliphatic rings. The van der Waals surface area contributed by atoms with E-state index in [-0.39, 0.29) is 5.91 Å². The number of fused-ring (bicyclic) bond motifs is 1. The van der Waals surface area contributed by atoms with E-state index in [1.807, 2.05) is 30.5 Å². The zero-order valence-corrected chi connectivity index (χ0v) is 11.6. The van der Waals surface area contributed by atoms with E-state index in [1.165, 1.54) is 5.39 Å². The van der Waals surface area contributed by atoms with Gasteiger partial charge in [0.15, 0.2) is 0 Å². The van der Waals surface area contributed by atoms with Crippen LogP contribution in [0.3, 0.4) is 0 Å². The highest BCUT2D eigenvalue weighted by molar-refractivity contribution is 6.01. The number of aromatic nitrogens is 1. The van der Waals surface area contributed by atoms with Crippen LogP contribution in [-0.2, 0) is 0 Å². The smallest absolute Gasteiger partial charge is 0.249 e. The molecule has 4 rings (SSSR count). The van der Waals surface area contributed by atoms with E-state index in [4.69, 9.17) is 5.73 Å². The Bertz CT molecular complexity index is 843. The summed E-state index contributed by atoms with van der Waals surface area (Å²) in [7, 11) is 0. The fourth-order valence-corrected chi connectivity index (χ4v) is 3.12. The van der Waals surface area contributed by atoms with Crippen LogP contribution >= 0.6 is 0 Å². The lowest BCUT2D eigenvalue weighted by atomic mass is 9.92. The summed E-state index contributed by atoms with van der Waals surface area (Å²) < 4.78 is 0. The maximum atomic E-state index is 11.8. The predicted molar refractivity (Wildman–Crippen MR) is 84.2 cm³/mol. The van der Waals surface area contributed by atoms with Gasteiger partial charge in [0.2, 0.25) is 5.91 Å². The normalized spacial score (nSPS) is 14.5. The molecular formula is C18H16N2O. The Balaban J connectivity index is 2.00. The molecule has 3 heteroatoms. The van der Waals surface area contributed by atoms with Gasteiger partial charge in [-0.25, -0.2) is 0 Å². The molecule has 3 aromatic rings. The number of hydrogen-bond acceptors (Lipinski definition) is 1. The van der Waals surface area contributed by atoms with Crippen LogP contribution < -0.4 is 5.73 Å². The van der Waals surface area contributed by atoms with Crippen molar-refractivity contribution in [2.24, 2.45) is 5.73 Å². The van der Waals surface area contributed by atoms with Crippen molar-refractivity contribution in [2.45, 2.75) is 18.8 Å². The Morgan fingerprint density at radius 2 is 1.86 bits per heavy atom. The van der Waals surface area contributed by atoms with Crippen LogP contribution in [0.1, 0.15) is 34.7 Å².